The Labute approximate surface area is 66.3 Å². The van der Waals surface area contributed by atoms with Crippen LogP contribution in [0.25, 0.3) is 0 Å². The molecule has 3 heteroatoms. The van der Waals surface area contributed by atoms with Gasteiger partial charge in [0.05, 0.1) is 12.9 Å². The summed E-state index contributed by atoms with van der Waals surface area (Å²) in [4.78, 5) is 0. The van der Waals surface area contributed by atoms with Crippen LogP contribution in [-0.2, 0) is 4.74 Å². The molecule has 0 saturated heterocycles. The maximum atomic E-state index is 9.60. The van der Waals surface area contributed by atoms with Crippen molar-refractivity contribution in [2.75, 3.05) is 6.61 Å². The highest BCUT2D eigenvalue weighted by atomic mass is 16.5. The van der Waals surface area contributed by atoms with Crippen molar-refractivity contribution in [3.8, 4) is 0 Å². The molecule has 0 saturated carbocycles. The summed E-state index contributed by atoms with van der Waals surface area (Å²) in [6, 6.07) is 0. The number of aliphatic hydroxyl groups is 2. The lowest BCUT2D eigenvalue weighted by Crippen LogP contribution is -2.43. The van der Waals surface area contributed by atoms with Gasteiger partial charge in [0.1, 0.15) is 11.2 Å². The van der Waals surface area contributed by atoms with Crippen LogP contribution in [0.15, 0.2) is 12.3 Å². The van der Waals surface area contributed by atoms with Crippen LogP contribution >= 0.6 is 0 Å². The van der Waals surface area contributed by atoms with Gasteiger partial charge in [0.25, 0.3) is 0 Å². The molecule has 1 aliphatic heterocycles. The molecule has 0 fully saturated rings. The molecule has 0 aromatic carbocycles. The number of hydrogen-bond donors (Lipinski definition) is 2. The Morgan fingerprint density at radius 1 is 1.55 bits per heavy atom. The van der Waals surface area contributed by atoms with E-state index in [0.717, 1.165) is 0 Å². The number of ether oxygens (including phenoxy) is 1. The molecule has 1 heterocycles. The van der Waals surface area contributed by atoms with Crippen LogP contribution in [0.3, 0.4) is 0 Å². The minimum absolute atomic E-state index is 0.254. The quantitative estimate of drug-likeness (QED) is 0.581. The molecule has 1 unspecified atom stereocenters. The SMILES string of the molecule is CC1(C)CC(O)(CO)C=CO1. The van der Waals surface area contributed by atoms with E-state index in [1.807, 2.05) is 13.8 Å². The zero-order valence-electron chi connectivity index (χ0n) is 6.87. The Morgan fingerprint density at radius 2 is 2.18 bits per heavy atom. The molecule has 0 aromatic rings. The van der Waals surface area contributed by atoms with Crippen molar-refractivity contribution >= 4 is 0 Å². The maximum Gasteiger partial charge on any atom is 0.113 e. The van der Waals surface area contributed by atoms with E-state index in [1.54, 1.807) is 0 Å². The van der Waals surface area contributed by atoms with Crippen molar-refractivity contribution in [3.05, 3.63) is 12.3 Å². The molecule has 0 amide bonds. The lowest BCUT2D eigenvalue weighted by atomic mass is 9.88. The first-order chi connectivity index (χ1) is 4.97. The van der Waals surface area contributed by atoms with Crippen molar-refractivity contribution in [2.24, 2.45) is 0 Å². The van der Waals surface area contributed by atoms with Crippen LogP contribution in [0.2, 0.25) is 0 Å². The van der Waals surface area contributed by atoms with Gasteiger partial charge in [-0.05, 0) is 19.9 Å². The van der Waals surface area contributed by atoms with Gasteiger partial charge in [-0.3, -0.25) is 0 Å². The van der Waals surface area contributed by atoms with Gasteiger partial charge in [-0.1, -0.05) is 0 Å². The highest BCUT2D eigenvalue weighted by Gasteiger charge is 2.35. The summed E-state index contributed by atoms with van der Waals surface area (Å²) >= 11 is 0. The van der Waals surface area contributed by atoms with Crippen LogP contribution in [0.5, 0.6) is 0 Å². The van der Waals surface area contributed by atoms with Gasteiger partial charge in [0.15, 0.2) is 0 Å². The van der Waals surface area contributed by atoms with E-state index in [1.165, 1.54) is 12.3 Å². The van der Waals surface area contributed by atoms with Gasteiger partial charge in [0.2, 0.25) is 0 Å². The van der Waals surface area contributed by atoms with Crippen molar-refractivity contribution in [1.29, 1.82) is 0 Å². The molecule has 1 rings (SSSR count). The van der Waals surface area contributed by atoms with Crippen molar-refractivity contribution < 1.29 is 14.9 Å². The van der Waals surface area contributed by atoms with Gasteiger partial charge in [-0.25, -0.2) is 0 Å². The summed E-state index contributed by atoms with van der Waals surface area (Å²) in [5, 5.41) is 18.4. The summed E-state index contributed by atoms with van der Waals surface area (Å²) in [6.07, 6.45) is 3.35. The minimum atomic E-state index is -1.10. The predicted molar refractivity (Wildman–Crippen MR) is 41.0 cm³/mol. The molecular weight excluding hydrogens is 144 g/mol. The summed E-state index contributed by atoms with van der Waals surface area (Å²) < 4.78 is 5.21. The Bertz CT molecular complexity index is 174. The zero-order chi connectivity index (χ0) is 8.54. The molecule has 0 aliphatic carbocycles. The minimum Gasteiger partial charge on any atom is -0.496 e. The van der Waals surface area contributed by atoms with Gasteiger partial charge in [-0.15, -0.1) is 0 Å². The number of aliphatic hydroxyl groups excluding tert-OH is 1. The zero-order valence-corrected chi connectivity index (χ0v) is 6.87. The fraction of sp³-hybridized carbons (Fsp3) is 0.750. The average Bonchev–Trinajstić information content (AvgIpc) is 1.85. The number of rotatable bonds is 1. The monoisotopic (exact) mass is 158 g/mol. The third kappa shape index (κ3) is 1.94. The molecule has 11 heavy (non-hydrogen) atoms. The normalized spacial score (nSPS) is 34.9. The molecule has 0 spiro atoms. The van der Waals surface area contributed by atoms with Crippen LogP contribution in [0.1, 0.15) is 20.3 Å². The first kappa shape index (κ1) is 8.56. The summed E-state index contributed by atoms with van der Waals surface area (Å²) in [5.74, 6) is 0. The lowest BCUT2D eigenvalue weighted by Gasteiger charge is -2.36. The van der Waals surface area contributed by atoms with Gasteiger partial charge < -0.3 is 14.9 Å². The number of hydrogen-bond acceptors (Lipinski definition) is 3. The first-order valence-corrected chi connectivity index (χ1v) is 3.66. The summed E-state index contributed by atoms with van der Waals surface area (Å²) in [5.41, 5.74) is -1.48. The van der Waals surface area contributed by atoms with E-state index in [9.17, 15) is 5.11 Å². The predicted octanol–water partition coefficient (Wildman–Crippen LogP) is 0.422. The smallest absolute Gasteiger partial charge is 0.113 e. The summed E-state index contributed by atoms with van der Waals surface area (Å²) in [6.45, 7) is 3.49. The average molecular weight is 158 g/mol. The van der Waals surface area contributed by atoms with E-state index in [4.69, 9.17) is 9.84 Å². The van der Waals surface area contributed by atoms with E-state index in [0.29, 0.717) is 6.42 Å². The molecule has 0 aromatic heterocycles. The second-order valence-electron chi connectivity index (χ2n) is 3.62. The largest absolute Gasteiger partial charge is 0.496 e. The Morgan fingerprint density at radius 3 is 2.55 bits per heavy atom. The highest BCUT2D eigenvalue weighted by Crippen LogP contribution is 2.29. The van der Waals surface area contributed by atoms with E-state index in [2.05, 4.69) is 0 Å². The molecule has 0 bridgehead atoms. The highest BCUT2D eigenvalue weighted by molar-refractivity contribution is 5.05. The Kier molecular flexibility index (Phi) is 1.94. The lowest BCUT2D eigenvalue weighted by molar-refractivity contribution is -0.0717. The van der Waals surface area contributed by atoms with E-state index >= 15 is 0 Å². The van der Waals surface area contributed by atoms with Gasteiger partial charge in [-0.2, -0.15) is 0 Å². The van der Waals surface area contributed by atoms with Crippen molar-refractivity contribution in [2.45, 2.75) is 31.5 Å². The fourth-order valence-corrected chi connectivity index (χ4v) is 1.29. The standard InChI is InChI=1S/C8H14O3/c1-7(2)5-8(10,6-9)3-4-11-7/h3-4,9-10H,5-6H2,1-2H3. The maximum absolute atomic E-state index is 9.60. The molecule has 3 nitrogen and oxygen atoms in total. The van der Waals surface area contributed by atoms with Crippen LogP contribution in [0.4, 0.5) is 0 Å². The third-order valence-corrected chi connectivity index (χ3v) is 1.77. The molecule has 2 N–H and O–H groups in total. The van der Waals surface area contributed by atoms with Crippen LogP contribution < -0.4 is 0 Å². The van der Waals surface area contributed by atoms with E-state index in [-0.39, 0.29) is 12.2 Å². The van der Waals surface area contributed by atoms with Gasteiger partial charge in [0, 0.05) is 6.42 Å². The fourth-order valence-electron chi connectivity index (χ4n) is 1.29. The van der Waals surface area contributed by atoms with Crippen molar-refractivity contribution in [3.63, 3.8) is 0 Å². The van der Waals surface area contributed by atoms with Crippen LogP contribution in [0, 0.1) is 0 Å². The Hall–Kier alpha value is -0.540. The van der Waals surface area contributed by atoms with E-state index < -0.39 is 5.60 Å². The first-order valence-electron chi connectivity index (χ1n) is 3.66. The van der Waals surface area contributed by atoms with Gasteiger partial charge >= 0.3 is 0 Å². The second-order valence-corrected chi connectivity index (χ2v) is 3.62. The molecule has 64 valence electrons. The Balaban J connectivity index is 2.74. The van der Waals surface area contributed by atoms with Crippen LogP contribution in [-0.4, -0.2) is 28.0 Å². The summed E-state index contributed by atoms with van der Waals surface area (Å²) in [7, 11) is 0. The van der Waals surface area contributed by atoms with Crippen molar-refractivity contribution in [1.82, 2.24) is 0 Å². The molecule has 0 radical (unpaired) electrons. The molecular formula is C8H14O3. The molecule has 1 aliphatic rings. The topological polar surface area (TPSA) is 49.7 Å². The third-order valence-electron chi connectivity index (χ3n) is 1.77. The second kappa shape index (κ2) is 2.50. The molecule has 1 atom stereocenters.